The molecule has 0 fully saturated rings. The van der Waals surface area contributed by atoms with Crippen LogP contribution in [-0.4, -0.2) is 25.0 Å². The average Bonchev–Trinajstić information content (AvgIpc) is 3.37. The van der Waals surface area contributed by atoms with E-state index in [1.807, 2.05) is 36.4 Å². The molecule has 4 rings (SSSR count). The van der Waals surface area contributed by atoms with Gasteiger partial charge in [-0.05, 0) is 24.0 Å². The van der Waals surface area contributed by atoms with E-state index in [2.05, 4.69) is 24.3 Å². The number of benzene rings is 2. The molecule has 2 aliphatic heterocycles. The van der Waals surface area contributed by atoms with Gasteiger partial charge in [-0.3, -0.25) is 0 Å². The molecule has 0 radical (unpaired) electrons. The predicted molar refractivity (Wildman–Crippen MR) is 104 cm³/mol. The zero-order valence-corrected chi connectivity index (χ0v) is 14.9. The van der Waals surface area contributed by atoms with E-state index in [1.165, 1.54) is 11.1 Å². The first kappa shape index (κ1) is 16.8. The molecule has 2 aliphatic rings. The zero-order chi connectivity index (χ0) is 17.6. The van der Waals surface area contributed by atoms with Crippen molar-refractivity contribution in [2.75, 3.05) is 13.2 Å². The van der Waals surface area contributed by atoms with Gasteiger partial charge in [0.2, 0.25) is 0 Å². The summed E-state index contributed by atoms with van der Waals surface area (Å²) in [5.41, 5.74) is 2.45. The highest BCUT2D eigenvalue weighted by molar-refractivity contribution is 5.79. The molecule has 0 aliphatic carbocycles. The number of aliphatic imine (C=N–C) groups is 2. The summed E-state index contributed by atoms with van der Waals surface area (Å²) < 4.78 is 11.5. The summed E-state index contributed by atoms with van der Waals surface area (Å²) in [5.74, 6) is 1.77. The van der Waals surface area contributed by atoms with Crippen molar-refractivity contribution < 1.29 is 9.47 Å². The van der Waals surface area contributed by atoms with E-state index >= 15 is 0 Å². The van der Waals surface area contributed by atoms with E-state index in [4.69, 9.17) is 19.5 Å². The molecule has 0 spiro atoms. The second kappa shape index (κ2) is 8.17. The van der Waals surface area contributed by atoms with Crippen molar-refractivity contribution in [3.05, 3.63) is 71.8 Å². The summed E-state index contributed by atoms with van der Waals surface area (Å²) in [5, 5.41) is 0. The third-order valence-corrected chi connectivity index (χ3v) is 4.82. The third kappa shape index (κ3) is 4.13. The van der Waals surface area contributed by atoms with Gasteiger partial charge in [0.1, 0.15) is 25.3 Å². The SMILES string of the molecule is c1ccc(C2COC(CCCCC3=NC(c4ccccc4)CO3)=N2)cc1. The summed E-state index contributed by atoms with van der Waals surface area (Å²) in [4.78, 5) is 9.42. The molecular weight excluding hydrogens is 324 g/mol. The van der Waals surface area contributed by atoms with Crippen molar-refractivity contribution in [1.29, 1.82) is 0 Å². The molecule has 26 heavy (non-hydrogen) atoms. The second-order valence-electron chi connectivity index (χ2n) is 6.73. The molecule has 2 heterocycles. The third-order valence-electron chi connectivity index (χ3n) is 4.82. The summed E-state index contributed by atoms with van der Waals surface area (Å²) >= 11 is 0. The standard InChI is InChI=1S/C22H24N2O2/c1-3-9-17(10-4-1)19-15-25-21(23-19)13-7-8-14-22-24-20(16-26-22)18-11-5-2-6-12-18/h1-6,9-12,19-20H,7-8,13-16H2. The van der Waals surface area contributed by atoms with Crippen LogP contribution in [-0.2, 0) is 9.47 Å². The first-order chi connectivity index (χ1) is 12.9. The van der Waals surface area contributed by atoms with Gasteiger partial charge in [0.05, 0.1) is 0 Å². The Kier molecular flexibility index (Phi) is 5.29. The Hall–Kier alpha value is -2.62. The van der Waals surface area contributed by atoms with Gasteiger partial charge >= 0.3 is 0 Å². The molecule has 0 bridgehead atoms. The molecule has 0 amide bonds. The van der Waals surface area contributed by atoms with E-state index in [0.29, 0.717) is 13.2 Å². The molecule has 0 saturated heterocycles. The Morgan fingerprint density at radius 1 is 0.654 bits per heavy atom. The minimum atomic E-state index is 0.153. The predicted octanol–water partition coefficient (Wildman–Crippen LogP) is 4.89. The maximum atomic E-state index is 5.76. The Morgan fingerprint density at radius 2 is 1.08 bits per heavy atom. The second-order valence-corrected chi connectivity index (χ2v) is 6.73. The lowest BCUT2D eigenvalue weighted by atomic mass is 10.1. The molecule has 0 saturated carbocycles. The summed E-state index contributed by atoms with van der Waals surface area (Å²) in [7, 11) is 0. The topological polar surface area (TPSA) is 43.2 Å². The molecule has 2 atom stereocenters. The maximum Gasteiger partial charge on any atom is 0.184 e. The highest BCUT2D eigenvalue weighted by atomic mass is 16.5. The minimum absolute atomic E-state index is 0.153. The van der Waals surface area contributed by atoms with E-state index in [-0.39, 0.29) is 12.1 Å². The molecule has 4 nitrogen and oxygen atoms in total. The largest absolute Gasteiger partial charge is 0.478 e. The van der Waals surface area contributed by atoms with Gasteiger partial charge in [-0.1, -0.05) is 60.7 Å². The number of unbranched alkanes of at least 4 members (excludes halogenated alkanes) is 1. The lowest BCUT2D eigenvalue weighted by Gasteiger charge is -2.03. The molecule has 2 unspecified atom stereocenters. The van der Waals surface area contributed by atoms with Crippen LogP contribution < -0.4 is 0 Å². The maximum absolute atomic E-state index is 5.76. The fourth-order valence-corrected chi connectivity index (χ4v) is 3.36. The van der Waals surface area contributed by atoms with Crippen LogP contribution in [0.3, 0.4) is 0 Å². The number of nitrogens with zero attached hydrogens (tertiary/aromatic N) is 2. The Bertz CT molecular complexity index is 704. The van der Waals surface area contributed by atoms with Gasteiger partial charge in [-0.2, -0.15) is 0 Å². The Labute approximate surface area is 154 Å². The van der Waals surface area contributed by atoms with Crippen LogP contribution in [0.5, 0.6) is 0 Å². The summed E-state index contributed by atoms with van der Waals surface area (Å²) in [6.45, 7) is 1.32. The van der Waals surface area contributed by atoms with E-state index in [0.717, 1.165) is 37.5 Å². The Balaban J connectivity index is 1.21. The van der Waals surface area contributed by atoms with Crippen LogP contribution in [0.15, 0.2) is 70.6 Å². The fraction of sp³-hybridized carbons (Fsp3) is 0.364. The molecule has 0 N–H and O–H groups in total. The first-order valence-electron chi connectivity index (χ1n) is 9.37. The Morgan fingerprint density at radius 3 is 1.50 bits per heavy atom. The van der Waals surface area contributed by atoms with Crippen LogP contribution in [0, 0.1) is 0 Å². The van der Waals surface area contributed by atoms with Gasteiger partial charge in [0.25, 0.3) is 0 Å². The number of hydrogen-bond donors (Lipinski definition) is 0. The smallest absolute Gasteiger partial charge is 0.184 e. The minimum Gasteiger partial charge on any atom is -0.478 e. The fourth-order valence-electron chi connectivity index (χ4n) is 3.36. The first-order valence-corrected chi connectivity index (χ1v) is 9.37. The van der Waals surface area contributed by atoms with E-state index < -0.39 is 0 Å². The van der Waals surface area contributed by atoms with Crippen molar-refractivity contribution >= 4 is 11.8 Å². The van der Waals surface area contributed by atoms with Crippen molar-refractivity contribution in [2.45, 2.75) is 37.8 Å². The van der Waals surface area contributed by atoms with Crippen molar-refractivity contribution in [1.82, 2.24) is 0 Å². The van der Waals surface area contributed by atoms with E-state index in [9.17, 15) is 0 Å². The molecular formula is C22H24N2O2. The van der Waals surface area contributed by atoms with Gasteiger partial charge in [0.15, 0.2) is 11.8 Å². The lowest BCUT2D eigenvalue weighted by Crippen LogP contribution is -2.02. The number of ether oxygens (including phenoxy) is 2. The van der Waals surface area contributed by atoms with Crippen LogP contribution in [0.1, 0.15) is 48.9 Å². The molecule has 0 aromatic heterocycles. The summed E-state index contributed by atoms with van der Waals surface area (Å²) in [6.07, 6.45) is 3.86. The van der Waals surface area contributed by atoms with Crippen molar-refractivity contribution in [3.63, 3.8) is 0 Å². The van der Waals surface area contributed by atoms with Crippen molar-refractivity contribution in [3.8, 4) is 0 Å². The number of hydrogen-bond acceptors (Lipinski definition) is 4. The highest BCUT2D eigenvalue weighted by Crippen LogP contribution is 2.26. The monoisotopic (exact) mass is 348 g/mol. The van der Waals surface area contributed by atoms with Crippen LogP contribution in [0.2, 0.25) is 0 Å². The van der Waals surface area contributed by atoms with Gasteiger partial charge in [-0.25, -0.2) is 9.98 Å². The quantitative estimate of drug-likeness (QED) is 0.669. The van der Waals surface area contributed by atoms with Crippen molar-refractivity contribution in [2.24, 2.45) is 9.98 Å². The molecule has 134 valence electrons. The van der Waals surface area contributed by atoms with Gasteiger partial charge in [-0.15, -0.1) is 0 Å². The van der Waals surface area contributed by atoms with E-state index in [1.54, 1.807) is 0 Å². The van der Waals surface area contributed by atoms with Gasteiger partial charge in [0, 0.05) is 12.8 Å². The average molecular weight is 348 g/mol. The number of rotatable bonds is 7. The van der Waals surface area contributed by atoms with Crippen LogP contribution in [0.25, 0.3) is 0 Å². The highest BCUT2D eigenvalue weighted by Gasteiger charge is 2.21. The molecule has 2 aromatic carbocycles. The lowest BCUT2D eigenvalue weighted by molar-refractivity contribution is 0.307. The van der Waals surface area contributed by atoms with Gasteiger partial charge < -0.3 is 9.47 Å². The summed E-state index contributed by atoms with van der Waals surface area (Å²) in [6, 6.07) is 21.0. The molecule has 4 heteroatoms. The normalized spacial score (nSPS) is 21.7. The van der Waals surface area contributed by atoms with Crippen LogP contribution in [0.4, 0.5) is 0 Å². The zero-order valence-electron chi connectivity index (χ0n) is 14.9. The molecule has 2 aromatic rings. The van der Waals surface area contributed by atoms with Crippen LogP contribution >= 0.6 is 0 Å².